The fraction of sp³-hybridized carbons (Fsp3) is 0.333. The number of likely N-dealkylation sites (tertiary alicyclic amines) is 1. The summed E-state index contributed by atoms with van der Waals surface area (Å²) in [7, 11) is 0. The molecule has 1 fully saturated rings. The lowest BCUT2D eigenvalue weighted by atomic mass is 10.0. The summed E-state index contributed by atoms with van der Waals surface area (Å²) in [4.78, 5) is 11.4. The van der Waals surface area contributed by atoms with Crippen LogP contribution in [0.4, 0.5) is 0 Å². The van der Waals surface area contributed by atoms with E-state index in [-0.39, 0.29) is 6.04 Å². The smallest absolute Gasteiger partial charge is 0.258 e. The first-order valence-electron chi connectivity index (χ1n) is 8.30. The van der Waals surface area contributed by atoms with E-state index >= 15 is 0 Å². The van der Waals surface area contributed by atoms with Crippen LogP contribution in [0.5, 0.6) is 0 Å². The third-order valence-electron chi connectivity index (χ3n) is 4.41. The van der Waals surface area contributed by atoms with E-state index in [2.05, 4.69) is 26.1 Å². The molecule has 3 heterocycles. The van der Waals surface area contributed by atoms with E-state index in [0.717, 1.165) is 36.5 Å². The van der Waals surface area contributed by atoms with Crippen LogP contribution in [0.2, 0.25) is 0 Å². The van der Waals surface area contributed by atoms with Gasteiger partial charge in [-0.2, -0.15) is 10.2 Å². The van der Waals surface area contributed by atoms with Gasteiger partial charge in [-0.15, -0.1) is 11.3 Å². The summed E-state index contributed by atoms with van der Waals surface area (Å²) in [6.07, 6.45) is 5.19. The summed E-state index contributed by atoms with van der Waals surface area (Å²) < 4.78 is 5.48. The van der Waals surface area contributed by atoms with Gasteiger partial charge >= 0.3 is 0 Å². The standard InChI is InChI=1S/C18H17N5OS/c19-11-13-4-3-5-14(10-13)18-21-17(22-24-18)15-6-1-2-8-23(15)12-16-20-7-9-25-16/h3-5,7,9-10,15H,1-2,6,8,12H2/t15-/m1/s1. The molecule has 2 aromatic heterocycles. The molecule has 1 aromatic carbocycles. The van der Waals surface area contributed by atoms with Crippen molar-refractivity contribution < 1.29 is 4.52 Å². The average Bonchev–Trinajstić information content (AvgIpc) is 3.34. The third kappa shape index (κ3) is 3.45. The number of hydrogen-bond acceptors (Lipinski definition) is 7. The zero-order valence-corrected chi connectivity index (χ0v) is 14.4. The van der Waals surface area contributed by atoms with Gasteiger partial charge in [0.15, 0.2) is 5.82 Å². The number of thiazole rings is 1. The van der Waals surface area contributed by atoms with Gasteiger partial charge in [-0.1, -0.05) is 17.6 Å². The minimum atomic E-state index is 0.147. The minimum Gasteiger partial charge on any atom is -0.334 e. The van der Waals surface area contributed by atoms with Crippen molar-refractivity contribution in [1.82, 2.24) is 20.0 Å². The first-order valence-corrected chi connectivity index (χ1v) is 9.18. The number of aromatic nitrogens is 3. The largest absolute Gasteiger partial charge is 0.334 e. The number of nitrogens with zero attached hydrogens (tertiary/aromatic N) is 5. The Morgan fingerprint density at radius 1 is 1.36 bits per heavy atom. The molecule has 0 bridgehead atoms. The van der Waals surface area contributed by atoms with Gasteiger partial charge in [0.05, 0.1) is 24.2 Å². The quantitative estimate of drug-likeness (QED) is 0.711. The van der Waals surface area contributed by atoms with Crippen molar-refractivity contribution in [2.24, 2.45) is 0 Å². The summed E-state index contributed by atoms with van der Waals surface area (Å²) in [5.74, 6) is 1.18. The number of benzene rings is 1. The third-order valence-corrected chi connectivity index (χ3v) is 5.18. The van der Waals surface area contributed by atoms with E-state index in [1.807, 2.05) is 23.7 Å². The highest BCUT2D eigenvalue weighted by Crippen LogP contribution is 2.32. The summed E-state index contributed by atoms with van der Waals surface area (Å²) in [6, 6.07) is 9.52. The second-order valence-electron chi connectivity index (χ2n) is 6.06. The number of hydrogen-bond donors (Lipinski definition) is 0. The molecular formula is C18H17N5OS. The molecule has 25 heavy (non-hydrogen) atoms. The second-order valence-corrected chi connectivity index (χ2v) is 7.04. The van der Waals surface area contributed by atoms with Crippen LogP contribution in [0.3, 0.4) is 0 Å². The zero-order chi connectivity index (χ0) is 17.1. The van der Waals surface area contributed by atoms with Crippen LogP contribution in [-0.4, -0.2) is 26.6 Å². The molecule has 0 saturated carbocycles. The van der Waals surface area contributed by atoms with Crippen LogP contribution in [-0.2, 0) is 6.54 Å². The van der Waals surface area contributed by atoms with E-state index in [1.54, 1.807) is 23.5 Å². The molecule has 126 valence electrons. The van der Waals surface area contributed by atoms with Crippen molar-refractivity contribution >= 4 is 11.3 Å². The van der Waals surface area contributed by atoms with Crippen LogP contribution in [0.1, 0.15) is 41.7 Å². The predicted octanol–water partition coefficient (Wildman–Crippen LogP) is 3.79. The first kappa shape index (κ1) is 15.9. The van der Waals surface area contributed by atoms with Crippen LogP contribution < -0.4 is 0 Å². The Labute approximate surface area is 149 Å². The molecule has 0 unspecified atom stereocenters. The summed E-state index contributed by atoms with van der Waals surface area (Å²) in [5, 5.41) is 16.4. The molecule has 0 amide bonds. The predicted molar refractivity (Wildman–Crippen MR) is 93.6 cm³/mol. The maximum absolute atomic E-state index is 9.05. The fourth-order valence-electron chi connectivity index (χ4n) is 3.19. The van der Waals surface area contributed by atoms with Gasteiger partial charge in [0.1, 0.15) is 5.01 Å². The molecule has 0 aliphatic carbocycles. The molecule has 0 radical (unpaired) electrons. The Morgan fingerprint density at radius 3 is 3.16 bits per heavy atom. The molecule has 0 N–H and O–H groups in total. The lowest BCUT2D eigenvalue weighted by Gasteiger charge is -2.32. The molecule has 1 aliphatic rings. The highest BCUT2D eigenvalue weighted by molar-refractivity contribution is 7.09. The van der Waals surface area contributed by atoms with Crippen LogP contribution >= 0.6 is 11.3 Å². The normalized spacial score (nSPS) is 18.1. The van der Waals surface area contributed by atoms with Crippen molar-refractivity contribution in [2.45, 2.75) is 31.8 Å². The van der Waals surface area contributed by atoms with Crippen molar-refractivity contribution in [1.29, 1.82) is 5.26 Å². The summed E-state index contributed by atoms with van der Waals surface area (Å²) in [6.45, 7) is 1.83. The van der Waals surface area contributed by atoms with E-state index in [9.17, 15) is 0 Å². The van der Waals surface area contributed by atoms with Crippen LogP contribution in [0.15, 0.2) is 40.4 Å². The van der Waals surface area contributed by atoms with Gasteiger partial charge < -0.3 is 4.52 Å². The fourth-order valence-corrected chi connectivity index (χ4v) is 3.83. The van der Waals surface area contributed by atoms with Gasteiger partial charge in [0.25, 0.3) is 5.89 Å². The lowest BCUT2D eigenvalue weighted by molar-refractivity contribution is 0.131. The highest BCUT2D eigenvalue weighted by Gasteiger charge is 2.28. The second kappa shape index (κ2) is 7.13. The monoisotopic (exact) mass is 351 g/mol. The molecule has 7 heteroatoms. The van der Waals surface area contributed by atoms with Gasteiger partial charge in [-0.3, -0.25) is 4.90 Å². The van der Waals surface area contributed by atoms with Gasteiger partial charge in [-0.05, 0) is 37.6 Å². The van der Waals surface area contributed by atoms with Crippen molar-refractivity contribution in [3.63, 3.8) is 0 Å². The van der Waals surface area contributed by atoms with Crippen molar-refractivity contribution in [3.8, 4) is 17.5 Å². The summed E-state index contributed by atoms with van der Waals surface area (Å²) >= 11 is 1.67. The van der Waals surface area contributed by atoms with Gasteiger partial charge in [0.2, 0.25) is 0 Å². The van der Waals surface area contributed by atoms with E-state index in [1.165, 1.54) is 6.42 Å². The van der Waals surface area contributed by atoms with Crippen LogP contribution in [0, 0.1) is 11.3 Å². The molecule has 0 spiro atoms. The SMILES string of the molecule is N#Cc1cccc(-c2nc([C@H]3CCCCN3Cc3nccs3)no2)c1. The van der Waals surface area contributed by atoms with Gasteiger partial charge in [0, 0.05) is 17.1 Å². The molecule has 4 rings (SSSR count). The van der Waals surface area contributed by atoms with Crippen molar-refractivity contribution in [3.05, 3.63) is 52.2 Å². The number of rotatable bonds is 4. The minimum absolute atomic E-state index is 0.147. The maximum atomic E-state index is 9.05. The lowest BCUT2D eigenvalue weighted by Crippen LogP contribution is -2.33. The van der Waals surface area contributed by atoms with Crippen LogP contribution in [0.25, 0.3) is 11.5 Å². The Morgan fingerprint density at radius 2 is 2.32 bits per heavy atom. The Balaban J connectivity index is 1.58. The number of nitriles is 1. The molecular weight excluding hydrogens is 334 g/mol. The first-order chi connectivity index (χ1) is 12.3. The molecule has 6 nitrogen and oxygen atoms in total. The van der Waals surface area contributed by atoms with Gasteiger partial charge in [-0.25, -0.2) is 4.98 Å². The Hall–Kier alpha value is -2.56. The Bertz CT molecular complexity index is 883. The molecule has 1 saturated heterocycles. The van der Waals surface area contributed by atoms with E-state index in [0.29, 0.717) is 17.3 Å². The Kier molecular flexibility index (Phi) is 4.55. The topological polar surface area (TPSA) is 78.8 Å². The molecule has 1 aliphatic heterocycles. The highest BCUT2D eigenvalue weighted by atomic mass is 32.1. The molecule has 3 aromatic rings. The van der Waals surface area contributed by atoms with Crippen molar-refractivity contribution in [2.75, 3.05) is 6.54 Å². The van der Waals surface area contributed by atoms with E-state index in [4.69, 9.17) is 9.78 Å². The molecule has 1 atom stereocenters. The zero-order valence-electron chi connectivity index (χ0n) is 13.6. The summed E-state index contributed by atoms with van der Waals surface area (Å²) in [5.41, 5.74) is 1.36. The van der Waals surface area contributed by atoms with E-state index < -0.39 is 0 Å². The number of piperidine rings is 1. The average molecular weight is 351 g/mol. The maximum Gasteiger partial charge on any atom is 0.258 e.